The summed E-state index contributed by atoms with van der Waals surface area (Å²) in [5, 5.41) is 0. The lowest BCUT2D eigenvalue weighted by Crippen LogP contribution is -2.38. The zero-order valence-electron chi connectivity index (χ0n) is 7.64. The van der Waals surface area contributed by atoms with E-state index in [2.05, 4.69) is 19.6 Å². The lowest BCUT2D eigenvalue weighted by atomic mass is 10.4. The summed E-state index contributed by atoms with van der Waals surface area (Å²) in [6.45, 7) is 7.60. The molecule has 65 valence electrons. The first-order valence-electron chi connectivity index (χ1n) is 4.25. The number of rotatable bonds is 2. The van der Waals surface area contributed by atoms with Gasteiger partial charge in [-0.25, -0.2) is 0 Å². The zero-order chi connectivity index (χ0) is 8.32. The van der Waals surface area contributed by atoms with Crippen LogP contribution in [0.25, 0.3) is 0 Å². The van der Waals surface area contributed by atoms with E-state index >= 15 is 0 Å². The van der Waals surface area contributed by atoms with E-state index < -0.39 is 17.6 Å². The largest absolute Gasteiger partial charge is 0.435 e. The summed E-state index contributed by atoms with van der Waals surface area (Å²) < 4.78 is 11.5. The lowest BCUT2D eigenvalue weighted by molar-refractivity contribution is 0.235. The highest BCUT2D eigenvalue weighted by Crippen LogP contribution is 2.15. The lowest BCUT2D eigenvalue weighted by Gasteiger charge is -2.26. The van der Waals surface area contributed by atoms with Gasteiger partial charge in [-0.2, -0.15) is 0 Å². The molecule has 0 atom stereocenters. The molecule has 0 bridgehead atoms. The number of hydrogen-bond acceptors (Lipinski definition) is 2. The second-order valence-corrected chi connectivity index (χ2v) is 10.5. The monoisotopic (exact) mass is 189 g/mol. The highest BCUT2D eigenvalue weighted by Gasteiger charge is 2.26. The van der Waals surface area contributed by atoms with Gasteiger partial charge in [0.2, 0.25) is 0 Å². The minimum Gasteiger partial charge on any atom is -0.435 e. The van der Waals surface area contributed by atoms with Crippen LogP contribution in [-0.4, -0.2) is 24.2 Å². The first kappa shape index (κ1) is 9.44. The quantitative estimate of drug-likeness (QED) is 0.620. The third kappa shape index (κ3) is 4.05. The minimum atomic E-state index is -1.32. The average molecular weight is 189 g/mol. The van der Waals surface area contributed by atoms with Gasteiger partial charge in [0.25, 0.3) is 0 Å². The molecule has 0 aromatic heterocycles. The van der Waals surface area contributed by atoms with Crippen LogP contribution in [-0.2, 0) is 8.54 Å². The first-order valence-corrected chi connectivity index (χ1v) is 9.19. The van der Waals surface area contributed by atoms with Crippen molar-refractivity contribution in [1.29, 1.82) is 0 Å². The summed E-state index contributed by atoms with van der Waals surface area (Å²) in [6.07, 6.45) is 2.53. The molecule has 11 heavy (non-hydrogen) atoms. The molecule has 0 amide bonds. The Bertz CT molecular complexity index is 116. The molecule has 4 heteroatoms. The third-order valence-corrected chi connectivity index (χ3v) is 6.11. The molecular formula is C7H17O2Si2. The molecule has 0 unspecified atom stereocenters. The molecule has 1 heterocycles. The van der Waals surface area contributed by atoms with E-state index in [0.717, 1.165) is 6.61 Å². The van der Waals surface area contributed by atoms with E-state index in [9.17, 15) is 0 Å². The standard InChI is InChI=1S/C7H17O2Si2/c1-11(2,3)9-10-7-5-4-6-8-10/h4-7H2,1-3H3. The van der Waals surface area contributed by atoms with Gasteiger partial charge in [0.1, 0.15) is 0 Å². The molecule has 0 saturated carbocycles. The van der Waals surface area contributed by atoms with Gasteiger partial charge in [0, 0.05) is 6.61 Å². The highest BCUT2D eigenvalue weighted by atomic mass is 28.4. The second-order valence-electron chi connectivity index (χ2n) is 3.89. The Labute approximate surface area is 71.9 Å². The van der Waals surface area contributed by atoms with E-state index in [4.69, 9.17) is 8.54 Å². The van der Waals surface area contributed by atoms with E-state index in [1.54, 1.807) is 0 Å². The summed E-state index contributed by atoms with van der Waals surface area (Å²) in [6, 6.07) is 1.19. The molecule has 0 aliphatic carbocycles. The van der Waals surface area contributed by atoms with Crippen molar-refractivity contribution in [2.75, 3.05) is 6.61 Å². The molecule has 0 N–H and O–H groups in total. The molecule has 1 saturated heterocycles. The summed E-state index contributed by atoms with van der Waals surface area (Å²) >= 11 is 0. The van der Waals surface area contributed by atoms with Gasteiger partial charge in [-0.15, -0.1) is 0 Å². The zero-order valence-corrected chi connectivity index (χ0v) is 9.64. The van der Waals surface area contributed by atoms with Crippen LogP contribution in [0.4, 0.5) is 0 Å². The molecular weight excluding hydrogens is 172 g/mol. The normalized spacial score (nSPS) is 22.1. The maximum atomic E-state index is 5.90. The Morgan fingerprint density at radius 1 is 1.27 bits per heavy atom. The van der Waals surface area contributed by atoms with Crippen LogP contribution in [0.2, 0.25) is 25.7 Å². The summed E-state index contributed by atoms with van der Waals surface area (Å²) in [5.74, 6) is 0. The van der Waals surface area contributed by atoms with Crippen molar-refractivity contribution in [3.63, 3.8) is 0 Å². The summed E-state index contributed by atoms with van der Waals surface area (Å²) in [5.41, 5.74) is 0. The van der Waals surface area contributed by atoms with Crippen LogP contribution < -0.4 is 0 Å². The maximum Gasteiger partial charge on any atom is 0.373 e. The van der Waals surface area contributed by atoms with Crippen molar-refractivity contribution in [2.45, 2.75) is 38.5 Å². The molecule has 0 aromatic rings. The molecule has 2 nitrogen and oxygen atoms in total. The average Bonchev–Trinajstić information content (AvgIpc) is 1.85. The van der Waals surface area contributed by atoms with Crippen LogP contribution in [0.15, 0.2) is 0 Å². The number of hydrogen-bond donors (Lipinski definition) is 0. The molecule has 0 spiro atoms. The van der Waals surface area contributed by atoms with Crippen molar-refractivity contribution in [3.8, 4) is 0 Å². The van der Waals surface area contributed by atoms with Gasteiger partial charge in [-0.1, -0.05) is 0 Å². The van der Waals surface area contributed by atoms with E-state index in [-0.39, 0.29) is 0 Å². The molecule has 1 fully saturated rings. The molecule has 1 aliphatic heterocycles. The molecule has 1 radical (unpaired) electrons. The SMILES string of the molecule is C[Si](C)(C)O[Si]1CCCCO1. The molecule has 1 aliphatic rings. The predicted octanol–water partition coefficient (Wildman–Crippen LogP) is 2.14. The van der Waals surface area contributed by atoms with Gasteiger partial charge in [-0.05, 0) is 38.5 Å². The first-order chi connectivity index (χ1) is 5.08. The minimum absolute atomic E-state index is 0.844. The fourth-order valence-corrected chi connectivity index (χ4v) is 5.48. The smallest absolute Gasteiger partial charge is 0.373 e. The summed E-state index contributed by atoms with van der Waals surface area (Å²) in [4.78, 5) is 0. The Morgan fingerprint density at radius 3 is 2.45 bits per heavy atom. The topological polar surface area (TPSA) is 18.5 Å². The molecule has 0 aromatic carbocycles. The van der Waals surface area contributed by atoms with Gasteiger partial charge >= 0.3 is 9.28 Å². The van der Waals surface area contributed by atoms with Crippen LogP contribution in [0.1, 0.15) is 12.8 Å². The van der Waals surface area contributed by atoms with Gasteiger partial charge in [0.15, 0.2) is 8.32 Å². The van der Waals surface area contributed by atoms with Crippen molar-refractivity contribution in [2.24, 2.45) is 0 Å². The van der Waals surface area contributed by atoms with Crippen molar-refractivity contribution in [1.82, 2.24) is 0 Å². The maximum absolute atomic E-state index is 5.90. The van der Waals surface area contributed by atoms with Crippen molar-refractivity contribution < 1.29 is 8.54 Å². The van der Waals surface area contributed by atoms with Crippen LogP contribution in [0.3, 0.4) is 0 Å². The Hall–Kier alpha value is 0.354. The van der Waals surface area contributed by atoms with Gasteiger partial charge in [0.05, 0.1) is 0 Å². The van der Waals surface area contributed by atoms with Gasteiger partial charge in [-0.3, -0.25) is 0 Å². The van der Waals surface area contributed by atoms with E-state index in [0.29, 0.717) is 0 Å². The van der Waals surface area contributed by atoms with Crippen LogP contribution >= 0.6 is 0 Å². The van der Waals surface area contributed by atoms with Gasteiger partial charge < -0.3 is 8.54 Å². The fourth-order valence-electron chi connectivity index (χ4n) is 1.05. The Morgan fingerprint density at radius 2 is 2.00 bits per heavy atom. The van der Waals surface area contributed by atoms with E-state index in [1.165, 1.54) is 18.9 Å². The van der Waals surface area contributed by atoms with E-state index in [1.807, 2.05) is 0 Å². The van der Waals surface area contributed by atoms with Crippen LogP contribution in [0, 0.1) is 0 Å². The molecule has 1 rings (SSSR count). The Kier molecular flexibility index (Phi) is 3.30. The predicted molar refractivity (Wildman–Crippen MR) is 50.2 cm³/mol. The van der Waals surface area contributed by atoms with Crippen LogP contribution in [0.5, 0.6) is 0 Å². The third-order valence-electron chi connectivity index (χ3n) is 1.46. The fraction of sp³-hybridized carbons (Fsp3) is 1.00. The van der Waals surface area contributed by atoms with Crippen molar-refractivity contribution in [3.05, 3.63) is 0 Å². The summed E-state index contributed by atoms with van der Waals surface area (Å²) in [7, 11) is -2.17. The second kappa shape index (κ2) is 3.84. The highest BCUT2D eigenvalue weighted by molar-refractivity contribution is 6.76. The van der Waals surface area contributed by atoms with Crippen molar-refractivity contribution >= 4 is 17.6 Å². The Balaban J connectivity index is 2.24.